The molecule has 23 heavy (non-hydrogen) atoms. The summed E-state index contributed by atoms with van der Waals surface area (Å²) in [5.74, 6) is -1.25. The molecule has 0 aromatic heterocycles. The van der Waals surface area contributed by atoms with Crippen molar-refractivity contribution in [3.05, 3.63) is 58.3 Å². The topological polar surface area (TPSA) is 49.4 Å². The van der Waals surface area contributed by atoms with Crippen LogP contribution in [0.15, 0.2) is 42.5 Å². The lowest BCUT2D eigenvalue weighted by Crippen LogP contribution is -2.36. The zero-order valence-electron chi connectivity index (χ0n) is 12.1. The standard InChI is InChI=1S/C16H13Cl2FN2O2/c1-10(22)21(12-7-5-11(19)6-8-12)9-15(23)20-16-13(17)3-2-4-14(16)18/h2-8H,9H2,1H3,(H,20,23). The van der Waals surface area contributed by atoms with Gasteiger partial charge in [0.2, 0.25) is 11.8 Å². The van der Waals surface area contributed by atoms with Crippen LogP contribution in [-0.2, 0) is 9.59 Å². The maximum absolute atomic E-state index is 13.0. The van der Waals surface area contributed by atoms with Gasteiger partial charge in [-0.1, -0.05) is 29.3 Å². The first-order valence-electron chi connectivity index (χ1n) is 6.66. The predicted molar refractivity (Wildman–Crippen MR) is 89.5 cm³/mol. The molecule has 0 radical (unpaired) electrons. The Morgan fingerprint density at radius 3 is 2.17 bits per heavy atom. The number of anilines is 2. The maximum Gasteiger partial charge on any atom is 0.244 e. The predicted octanol–water partition coefficient (Wildman–Crippen LogP) is 4.12. The second kappa shape index (κ2) is 7.44. The van der Waals surface area contributed by atoms with Gasteiger partial charge in [0.1, 0.15) is 12.4 Å². The Balaban J connectivity index is 2.16. The lowest BCUT2D eigenvalue weighted by molar-refractivity contribution is -0.120. The highest BCUT2D eigenvalue weighted by molar-refractivity contribution is 6.39. The number of carbonyl (C=O) groups is 2. The van der Waals surface area contributed by atoms with E-state index in [4.69, 9.17) is 23.2 Å². The van der Waals surface area contributed by atoms with Crippen molar-refractivity contribution < 1.29 is 14.0 Å². The van der Waals surface area contributed by atoms with E-state index in [2.05, 4.69) is 5.32 Å². The average molecular weight is 355 g/mol. The molecule has 2 aromatic carbocycles. The summed E-state index contributed by atoms with van der Waals surface area (Å²) in [6.45, 7) is 1.07. The first-order valence-corrected chi connectivity index (χ1v) is 7.41. The van der Waals surface area contributed by atoms with Crippen LogP contribution in [-0.4, -0.2) is 18.4 Å². The molecule has 0 saturated carbocycles. The number of halogens is 3. The molecule has 0 unspecified atom stereocenters. The average Bonchev–Trinajstić information content (AvgIpc) is 2.49. The minimum atomic E-state index is -0.473. The molecule has 7 heteroatoms. The number of hydrogen-bond acceptors (Lipinski definition) is 2. The smallest absolute Gasteiger partial charge is 0.244 e. The van der Waals surface area contributed by atoms with Gasteiger partial charge >= 0.3 is 0 Å². The zero-order chi connectivity index (χ0) is 17.0. The number of benzene rings is 2. The molecule has 0 aliphatic heterocycles. The number of nitrogens with zero attached hydrogens (tertiary/aromatic N) is 1. The maximum atomic E-state index is 13.0. The molecule has 2 rings (SSSR count). The summed E-state index contributed by atoms with van der Waals surface area (Å²) in [5.41, 5.74) is 0.697. The fourth-order valence-electron chi connectivity index (χ4n) is 1.95. The van der Waals surface area contributed by atoms with Crippen molar-refractivity contribution in [3.8, 4) is 0 Å². The van der Waals surface area contributed by atoms with E-state index < -0.39 is 11.7 Å². The van der Waals surface area contributed by atoms with Gasteiger partial charge in [0, 0.05) is 12.6 Å². The van der Waals surface area contributed by atoms with Gasteiger partial charge in [-0.15, -0.1) is 0 Å². The quantitative estimate of drug-likeness (QED) is 0.897. The van der Waals surface area contributed by atoms with Gasteiger partial charge < -0.3 is 10.2 Å². The van der Waals surface area contributed by atoms with Crippen LogP contribution in [0.25, 0.3) is 0 Å². The van der Waals surface area contributed by atoms with Gasteiger partial charge in [0.15, 0.2) is 0 Å². The summed E-state index contributed by atoms with van der Waals surface area (Å²) in [6, 6.07) is 10.1. The molecule has 0 aliphatic rings. The van der Waals surface area contributed by atoms with E-state index in [1.165, 1.54) is 36.1 Å². The molecule has 0 heterocycles. The van der Waals surface area contributed by atoms with Gasteiger partial charge in [0.25, 0.3) is 0 Å². The summed E-state index contributed by atoms with van der Waals surface area (Å²) in [6.07, 6.45) is 0. The van der Waals surface area contributed by atoms with Crippen LogP contribution in [0.5, 0.6) is 0 Å². The largest absolute Gasteiger partial charge is 0.322 e. The van der Waals surface area contributed by atoms with E-state index in [9.17, 15) is 14.0 Å². The van der Waals surface area contributed by atoms with E-state index in [-0.39, 0.29) is 18.1 Å². The molecule has 0 saturated heterocycles. The first kappa shape index (κ1) is 17.2. The summed E-state index contributed by atoms with van der Waals surface area (Å²) < 4.78 is 13.0. The van der Waals surface area contributed by atoms with E-state index in [1.807, 2.05) is 0 Å². The Morgan fingerprint density at radius 2 is 1.65 bits per heavy atom. The SMILES string of the molecule is CC(=O)N(CC(=O)Nc1c(Cl)cccc1Cl)c1ccc(F)cc1. The van der Waals surface area contributed by atoms with E-state index in [0.717, 1.165) is 0 Å². The van der Waals surface area contributed by atoms with E-state index in [0.29, 0.717) is 15.7 Å². The molecule has 0 spiro atoms. The molecule has 0 aliphatic carbocycles. The highest BCUT2D eigenvalue weighted by atomic mass is 35.5. The lowest BCUT2D eigenvalue weighted by atomic mass is 10.2. The molecule has 120 valence electrons. The van der Waals surface area contributed by atoms with Gasteiger partial charge in [0.05, 0.1) is 15.7 Å². The fourth-order valence-corrected chi connectivity index (χ4v) is 2.44. The summed E-state index contributed by atoms with van der Waals surface area (Å²) in [7, 11) is 0. The molecule has 1 N–H and O–H groups in total. The van der Waals surface area contributed by atoms with Crippen molar-refractivity contribution in [3.63, 3.8) is 0 Å². The van der Waals surface area contributed by atoms with Crippen LogP contribution in [0.3, 0.4) is 0 Å². The Hall–Kier alpha value is -2.11. The molecule has 2 amide bonds. The normalized spacial score (nSPS) is 10.3. The van der Waals surface area contributed by atoms with Gasteiger partial charge in [-0.05, 0) is 36.4 Å². The molecular weight excluding hydrogens is 342 g/mol. The Kier molecular flexibility index (Phi) is 5.58. The van der Waals surface area contributed by atoms with Gasteiger partial charge in [-0.3, -0.25) is 9.59 Å². The molecule has 4 nitrogen and oxygen atoms in total. The summed E-state index contributed by atoms with van der Waals surface area (Å²) in [5, 5.41) is 3.16. The van der Waals surface area contributed by atoms with Crippen molar-refractivity contribution >= 4 is 46.4 Å². The minimum absolute atomic E-state index is 0.248. The van der Waals surface area contributed by atoms with Gasteiger partial charge in [-0.2, -0.15) is 0 Å². The zero-order valence-corrected chi connectivity index (χ0v) is 13.7. The van der Waals surface area contributed by atoms with Crippen molar-refractivity contribution in [2.24, 2.45) is 0 Å². The molecule has 2 aromatic rings. The van der Waals surface area contributed by atoms with Crippen LogP contribution in [0.1, 0.15) is 6.92 Å². The first-order chi connectivity index (χ1) is 10.9. The highest BCUT2D eigenvalue weighted by Gasteiger charge is 2.17. The van der Waals surface area contributed by atoms with Crippen molar-refractivity contribution in [2.45, 2.75) is 6.92 Å². The molecule has 0 atom stereocenters. The number of rotatable bonds is 4. The molecule has 0 fully saturated rings. The van der Waals surface area contributed by atoms with Crippen LogP contribution >= 0.6 is 23.2 Å². The van der Waals surface area contributed by atoms with Gasteiger partial charge in [-0.25, -0.2) is 4.39 Å². The third-order valence-electron chi connectivity index (χ3n) is 3.05. The van der Waals surface area contributed by atoms with Crippen molar-refractivity contribution in [1.29, 1.82) is 0 Å². The molecule has 0 bridgehead atoms. The third-order valence-corrected chi connectivity index (χ3v) is 3.68. The third kappa shape index (κ3) is 4.43. The monoisotopic (exact) mass is 354 g/mol. The van der Waals surface area contributed by atoms with E-state index in [1.54, 1.807) is 18.2 Å². The number of amides is 2. The van der Waals surface area contributed by atoms with Crippen LogP contribution in [0.4, 0.5) is 15.8 Å². The van der Waals surface area contributed by atoms with E-state index >= 15 is 0 Å². The number of carbonyl (C=O) groups excluding carboxylic acids is 2. The lowest BCUT2D eigenvalue weighted by Gasteiger charge is -2.21. The summed E-state index contributed by atoms with van der Waals surface area (Å²) >= 11 is 12.0. The fraction of sp³-hybridized carbons (Fsp3) is 0.125. The van der Waals surface area contributed by atoms with Crippen LogP contribution in [0, 0.1) is 5.82 Å². The second-order valence-electron chi connectivity index (χ2n) is 4.73. The minimum Gasteiger partial charge on any atom is -0.322 e. The van der Waals surface area contributed by atoms with Crippen LogP contribution in [0.2, 0.25) is 10.0 Å². The highest BCUT2D eigenvalue weighted by Crippen LogP contribution is 2.29. The summed E-state index contributed by atoms with van der Waals surface area (Å²) in [4.78, 5) is 25.1. The second-order valence-corrected chi connectivity index (χ2v) is 5.54. The number of hydrogen-bond donors (Lipinski definition) is 1. The van der Waals surface area contributed by atoms with Crippen LogP contribution < -0.4 is 10.2 Å². The Labute approximate surface area is 142 Å². The Bertz CT molecular complexity index is 715. The Morgan fingerprint density at radius 1 is 1.09 bits per heavy atom. The van der Waals surface area contributed by atoms with Crippen molar-refractivity contribution in [1.82, 2.24) is 0 Å². The number of nitrogens with one attached hydrogen (secondary N) is 1. The van der Waals surface area contributed by atoms with Crippen molar-refractivity contribution in [2.75, 3.05) is 16.8 Å². The molecular formula is C16H13Cl2FN2O2. The number of para-hydroxylation sites is 1.